The third-order valence-corrected chi connectivity index (χ3v) is 7.90. The monoisotopic (exact) mass is 555 g/mol. The van der Waals surface area contributed by atoms with Crippen molar-refractivity contribution in [3.63, 3.8) is 0 Å². The number of thiazole rings is 1. The number of esters is 2. The number of likely N-dealkylation sites (N-methyl/N-ethyl adjacent to an activating group) is 1. The number of ether oxygens (including phenoxy) is 3. The first kappa shape index (κ1) is 30.0. The molecule has 0 amide bonds. The molecule has 210 valence electrons. The van der Waals surface area contributed by atoms with Crippen LogP contribution in [-0.4, -0.2) is 45.9 Å². The van der Waals surface area contributed by atoms with Crippen molar-refractivity contribution in [1.29, 1.82) is 0 Å². The number of methoxy groups -OCH3 is 2. The number of anilines is 1. The molecule has 0 N–H and O–H groups in total. The molecule has 0 spiro atoms. The maximum atomic E-state index is 12.7. The average Bonchev–Trinajstić information content (AvgIpc) is 3.26. The Morgan fingerprint density at radius 1 is 1.10 bits per heavy atom. The highest BCUT2D eigenvalue weighted by Crippen LogP contribution is 2.31. The summed E-state index contributed by atoms with van der Waals surface area (Å²) in [6, 6.07) is 13.8. The first-order valence-corrected chi connectivity index (χ1v) is 13.9. The zero-order valence-electron chi connectivity index (χ0n) is 23.9. The van der Waals surface area contributed by atoms with Crippen molar-refractivity contribution in [3.05, 3.63) is 42.5 Å². The molecule has 0 aliphatic carbocycles. The Morgan fingerprint density at radius 3 is 2.46 bits per heavy atom. The Kier molecular flexibility index (Phi) is 10.4. The number of carbonyl (C=O) groups excluding carboxylic acids is 2. The summed E-state index contributed by atoms with van der Waals surface area (Å²) in [4.78, 5) is 26.5. The Bertz CT molecular complexity index is 1300. The van der Waals surface area contributed by atoms with E-state index < -0.39 is 5.41 Å². The standard InChI is InChI=1S/C29H39N4O5S/c1-8-33(17-18-38-27(35)29(3,4)16-15-20(2)26(34)37-7)22-11-9-21(10-12-22)30-31-28-32(5)24-14-13-23(36-6)19-25(24)39-28/h9-14,19-20H,8,15-18H2,1-7H3/q+1. The van der Waals surface area contributed by atoms with Gasteiger partial charge in [-0.3, -0.25) is 9.59 Å². The maximum absolute atomic E-state index is 12.7. The summed E-state index contributed by atoms with van der Waals surface area (Å²) in [6.45, 7) is 9.17. The quantitative estimate of drug-likeness (QED) is 0.143. The van der Waals surface area contributed by atoms with Gasteiger partial charge in [0.15, 0.2) is 0 Å². The largest absolute Gasteiger partial charge is 0.497 e. The Morgan fingerprint density at radius 2 is 1.82 bits per heavy atom. The lowest BCUT2D eigenvalue weighted by atomic mass is 9.85. The number of hydrogen-bond donors (Lipinski definition) is 0. The number of aromatic nitrogens is 1. The van der Waals surface area contributed by atoms with Gasteiger partial charge in [-0.25, -0.2) is 4.57 Å². The minimum atomic E-state index is -0.677. The van der Waals surface area contributed by atoms with E-state index in [1.165, 1.54) is 7.11 Å². The molecule has 9 nitrogen and oxygen atoms in total. The zero-order chi connectivity index (χ0) is 28.6. The van der Waals surface area contributed by atoms with Gasteiger partial charge >= 0.3 is 17.1 Å². The fourth-order valence-corrected chi connectivity index (χ4v) is 5.08. The van der Waals surface area contributed by atoms with E-state index in [4.69, 9.17) is 14.2 Å². The van der Waals surface area contributed by atoms with Crippen LogP contribution >= 0.6 is 11.3 Å². The highest BCUT2D eigenvalue weighted by molar-refractivity contribution is 7.21. The number of rotatable bonds is 13. The second-order valence-corrected chi connectivity index (χ2v) is 11.1. The van der Waals surface area contributed by atoms with Gasteiger partial charge in [-0.2, -0.15) is 0 Å². The molecular weight excluding hydrogens is 516 g/mol. The van der Waals surface area contributed by atoms with Crippen LogP contribution in [0.1, 0.15) is 40.5 Å². The number of hydrogen-bond acceptors (Lipinski definition) is 9. The van der Waals surface area contributed by atoms with Gasteiger partial charge in [-0.05, 0) is 86.5 Å². The van der Waals surface area contributed by atoms with Crippen molar-refractivity contribution in [2.24, 2.45) is 28.6 Å². The number of azo groups is 1. The number of nitrogens with zero attached hydrogens (tertiary/aromatic N) is 4. The Hall–Kier alpha value is -3.53. The summed E-state index contributed by atoms with van der Waals surface area (Å²) in [7, 11) is 5.00. The van der Waals surface area contributed by atoms with Crippen LogP contribution in [0.4, 0.5) is 16.5 Å². The van der Waals surface area contributed by atoms with Crippen molar-refractivity contribution in [2.75, 3.05) is 38.8 Å². The summed E-state index contributed by atoms with van der Waals surface area (Å²) in [6.07, 6.45) is 1.11. The second-order valence-electron chi connectivity index (χ2n) is 10.1. The molecule has 0 aliphatic rings. The first-order chi connectivity index (χ1) is 18.6. The van der Waals surface area contributed by atoms with E-state index in [0.29, 0.717) is 19.4 Å². The fourth-order valence-electron chi connectivity index (χ4n) is 4.08. The van der Waals surface area contributed by atoms with Crippen molar-refractivity contribution < 1.29 is 28.4 Å². The minimum absolute atomic E-state index is 0.253. The summed E-state index contributed by atoms with van der Waals surface area (Å²) in [5, 5.41) is 9.68. The van der Waals surface area contributed by atoms with E-state index >= 15 is 0 Å². The molecule has 0 aliphatic heterocycles. The molecule has 0 radical (unpaired) electrons. The van der Waals surface area contributed by atoms with Crippen LogP contribution in [0.2, 0.25) is 0 Å². The van der Waals surface area contributed by atoms with E-state index in [0.717, 1.165) is 39.0 Å². The van der Waals surface area contributed by atoms with Gasteiger partial charge in [0.05, 0.1) is 49.0 Å². The van der Waals surface area contributed by atoms with Crippen molar-refractivity contribution >= 4 is 50.0 Å². The maximum Gasteiger partial charge on any atom is 0.409 e. The highest BCUT2D eigenvalue weighted by atomic mass is 32.1. The van der Waals surface area contributed by atoms with Crippen molar-refractivity contribution in [3.8, 4) is 5.75 Å². The van der Waals surface area contributed by atoms with E-state index in [2.05, 4.69) is 22.1 Å². The van der Waals surface area contributed by atoms with Gasteiger partial charge in [0.2, 0.25) is 0 Å². The molecule has 39 heavy (non-hydrogen) atoms. The summed E-state index contributed by atoms with van der Waals surface area (Å²) in [5.74, 6) is 0.0317. The normalized spacial score (nSPS) is 12.5. The average molecular weight is 556 g/mol. The topological polar surface area (TPSA) is 93.7 Å². The van der Waals surface area contributed by atoms with Crippen LogP contribution in [0, 0.1) is 11.3 Å². The molecule has 3 rings (SSSR count). The third-order valence-electron chi connectivity index (χ3n) is 6.82. The molecule has 0 saturated heterocycles. The molecule has 10 heteroatoms. The number of benzene rings is 2. The van der Waals surface area contributed by atoms with Crippen LogP contribution < -0.4 is 14.2 Å². The molecule has 0 saturated carbocycles. The van der Waals surface area contributed by atoms with Crippen LogP contribution in [0.25, 0.3) is 10.2 Å². The van der Waals surface area contributed by atoms with Gasteiger partial charge in [0, 0.05) is 18.3 Å². The predicted molar refractivity (Wildman–Crippen MR) is 153 cm³/mol. The van der Waals surface area contributed by atoms with E-state index in [1.54, 1.807) is 25.4 Å². The lowest BCUT2D eigenvalue weighted by Crippen LogP contribution is -2.32. The van der Waals surface area contributed by atoms with E-state index in [1.807, 2.05) is 67.9 Å². The van der Waals surface area contributed by atoms with E-state index in [9.17, 15) is 9.59 Å². The fraction of sp³-hybridized carbons (Fsp3) is 0.483. The number of carbonyl (C=O) groups is 2. The SMILES string of the molecule is CCN(CCOC(=O)C(C)(C)CCC(C)C(=O)OC)c1ccc(N=Nc2sc3cc(OC)ccc3[n+]2C)cc1. The highest BCUT2D eigenvalue weighted by Gasteiger charge is 2.30. The molecule has 1 atom stereocenters. The van der Waals surface area contributed by atoms with Crippen LogP contribution in [-0.2, 0) is 26.1 Å². The van der Waals surface area contributed by atoms with Gasteiger partial charge in [-0.15, -0.1) is 0 Å². The number of fused-ring (bicyclic) bond motifs is 1. The molecule has 1 aromatic heterocycles. The Labute approximate surface area is 234 Å². The minimum Gasteiger partial charge on any atom is -0.497 e. The zero-order valence-corrected chi connectivity index (χ0v) is 24.7. The summed E-state index contributed by atoms with van der Waals surface area (Å²) >= 11 is 1.56. The van der Waals surface area contributed by atoms with Gasteiger partial charge in [-0.1, -0.05) is 6.92 Å². The number of aryl methyl sites for hydroxylation is 1. The first-order valence-electron chi connectivity index (χ1n) is 13.1. The van der Waals surface area contributed by atoms with Gasteiger partial charge in [0.25, 0.3) is 0 Å². The van der Waals surface area contributed by atoms with Crippen molar-refractivity contribution in [1.82, 2.24) is 0 Å². The second kappa shape index (κ2) is 13.5. The van der Waals surface area contributed by atoms with Crippen LogP contribution in [0.15, 0.2) is 52.7 Å². The van der Waals surface area contributed by atoms with Gasteiger partial charge in [0.1, 0.15) is 23.6 Å². The lowest BCUT2D eigenvalue weighted by Gasteiger charge is -2.26. The lowest BCUT2D eigenvalue weighted by molar-refractivity contribution is -0.627. The van der Waals surface area contributed by atoms with Crippen molar-refractivity contribution in [2.45, 2.75) is 40.5 Å². The molecule has 1 unspecified atom stereocenters. The molecular formula is C29H39N4O5S+. The molecule has 1 heterocycles. The molecule has 0 fully saturated rings. The molecule has 3 aromatic rings. The molecule has 0 bridgehead atoms. The Balaban J connectivity index is 1.55. The molecule has 2 aromatic carbocycles. The smallest absolute Gasteiger partial charge is 0.409 e. The predicted octanol–water partition coefficient (Wildman–Crippen LogP) is 6.13. The third kappa shape index (κ3) is 7.75. The summed E-state index contributed by atoms with van der Waals surface area (Å²) in [5.41, 5.74) is 2.16. The van der Waals surface area contributed by atoms with E-state index in [-0.39, 0.29) is 24.5 Å². The van der Waals surface area contributed by atoms with Crippen LogP contribution in [0.5, 0.6) is 5.75 Å². The summed E-state index contributed by atoms with van der Waals surface area (Å²) < 4.78 is 18.8. The van der Waals surface area contributed by atoms with Crippen LogP contribution in [0.3, 0.4) is 0 Å². The van der Waals surface area contributed by atoms with Gasteiger partial charge < -0.3 is 19.1 Å².